The van der Waals surface area contributed by atoms with Crippen LogP contribution in [0.3, 0.4) is 0 Å². The van der Waals surface area contributed by atoms with Crippen LogP contribution in [-0.4, -0.2) is 46.6 Å². The van der Waals surface area contributed by atoms with Gasteiger partial charge < -0.3 is 5.32 Å². The smallest absolute Gasteiger partial charge is 0.262 e. The Morgan fingerprint density at radius 1 is 1.36 bits per heavy atom. The number of carbonyl (C=O) groups is 1. The van der Waals surface area contributed by atoms with Crippen molar-refractivity contribution in [2.24, 2.45) is 4.99 Å². The van der Waals surface area contributed by atoms with Crippen LogP contribution in [0, 0.1) is 23.0 Å². The second-order valence-electron chi connectivity index (χ2n) is 8.18. The van der Waals surface area contributed by atoms with Crippen molar-refractivity contribution in [2.45, 2.75) is 37.8 Å². The minimum Gasteiger partial charge on any atom is -0.339 e. The first-order chi connectivity index (χ1) is 15.5. The van der Waals surface area contributed by atoms with Crippen LogP contribution in [0.5, 0.6) is 0 Å². The van der Waals surface area contributed by atoms with E-state index in [2.05, 4.69) is 21.4 Å². The molecule has 2 atom stereocenters. The fourth-order valence-electron chi connectivity index (χ4n) is 4.20. The summed E-state index contributed by atoms with van der Waals surface area (Å²) in [4.78, 5) is 22.2. The molecule has 1 N–H and O–H groups in total. The van der Waals surface area contributed by atoms with Crippen LogP contribution in [-0.2, 0) is 10.3 Å². The summed E-state index contributed by atoms with van der Waals surface area (Å²) in [6.45, 7) is 2.01. The third-order valence-corrected chi connectivity index (χ3v) is 6.60. The second-order valence-corrected chi connectivity index (χ2v) is 9.08. The quantitative estimate of drug-likeness (QED) is 0.664. The Bertz CT molecular complexity index is 1200. The molecule has 1 fully saturated rings. The van der Waals surface area contributed by atoms with Crippen LogP contribution in [0.25, 0.3) is 0 Å². The summed E-state index contributed by atoms with van der Waals surface area (Å²) in [7, 11) is 0. The van der Waals surface area contributed by atoms with E-state index < -0.39 is 47.9 Å². The van der Waals surface area contributed by atoms with Crippen molar-refractivity contribution in [3.8, 4) is 6.07 Å². The third-order valence-electron chi connectivity index (χ3n) is 5.82. The number of nitriles is 1. The number of amidine groups is 1. The molecule has 0 amide bonds. The number of nitrogens with one attached hydrogen (secondary N) is 1. The first-order valence-corrected chi connectivity index (χ1v) is 10.9. The molecule has 0 unspecified atom stereocenters. The monoisotopic (exact) mass is 477 g/mol. The maximum atomic E-state index is 14.1. The van der Waals surface area contributed by atoms with Gasteiger partial charge in [0.25, 0.3) is 5.92 Å². The van der Waals surface area contributed by atoms with Crippen molar-refractivity contribution in [3.05, 3.63) is 63.3 Å². The highest BCUT2D eigenvalue weighted by atomic mass is 32.1. The van der Waals surface area contributed by atoms with E-state index in [1.807, 2.05) is 0 Å². The average molecular weight is 477 g/mol. The number of carbonyl (C=O) groups excluding carboxylic acids is 1. The van der Waals surface area contributed by atoms with Gasteiger partial charge in [0.1, 0.15) is 11.3 Å². The van der Waals surface area contributed by atoms with Crippen molar-refractivity contribution in [1.29, 1.82) is 5.26 Å². The number of Topliss-reactive ketones (excluding diaryl/α,β-unsaturated/α-hetero) is 1. The Hall–Kier alpha value is -3.10. The van der Waals surface area contributed by atoms with Crippen molar-refractivity contribution in [1.82, 2.24) is 15.2 Å². The Morgan fingerprint density at radius 2 is 2.12 bits per heavy atom. The topological polar surface area (TPSA) is 81.4 Å². The van der Waals surface area contributed by atoms with Crippen LogP contribution >= 0.6 is 11.3 Å². The molecule has 4 rings (SSSR count). The highest BCUT2D eigenvalue weighted by Crippen LogP contribution is 2.40. The summed E-state index contributed by atoms with van der Waals surface area (Å²) in [6.07, 6.45) is 0.945. The lowest BCUT2D eigenvalue weighted by Gasteiger charge is -2.35. The van der Waals surface area contributed by atoms with Crippen molar-refractivity contribution in [2.75, 3.05) is 13.1 Å². The normalized spacial score (nSPS) is 24.9. The van der Waals surface area contributed by atoms with E-state index in [1.54, 1.807) is 18.5 Å². The molecule has 1 saturated heterocycles. The molecule has 33 heavy (non-hydrogen) atoms. The number of rotatable bonds is 5. The largest absolute Gasteiger partial charge is 0.339 e. The van der Waals surface area contributed by atoms with Gasteiger partial charge in [0, 0.05) is 30.2 Å². The van der Waals surface area contributed by atoms with E-state index >= 15 is 0 Å². The Labute approximate surface area is 191 Å². The predicted molar refractivity (Wildman–Crippen MR) is 114 cm³/mol. The van der Waals surface area contributed by atoms with Crippen LogP contribution in [0.15, 0.2) is 46.0 Å². The molecular weight excluding hydrogens is 458 g/mol. The maximum absolute atomic E-state index is 14.1. The molecule has 0 bridgehead atoms. The Balaban J connectivity index is 1.83. The van der Waals surface area contributed by atoms with E-state index in [1.165, 1.54) is 29.2 Å². The molecule has 1 aromatic carbocycles. The van der Waals surface area contributed by atoms with Crippen LogP contribution in [0.1, 0.15) is 30.8 Å². The number of halogens is 4. The number of hydrogen-bond donors (Lipinski definition) is 1. The minimum absolute atomic E-state index is 0.0475. The summed E-state index contributed by atoms with van der Waals surface area (Å²) in [6, 6.07) is 4.28. The molecule has 0 aliphatic carbocycles. The number of hydrogen-bond acceptors (Lipinski definition) is 7. The lowest BCUT2D eigenvalue weighted by molar-refractivity contribution is -0.121. The van der Waals surface area contributed by atoms with Gasteiger partial charge in [-0.05, 0) is 31.5 Å². The fourth-order valence-corrected chi connectivity index (χ4v) is 4.79. The van der Waals surface area contributed by atoms with E-state index in [4.69, 9.17) is 0 Å². The van der Waals surface area contributed by atoms with Gasteiger partial charge in [-0.3, -0.25) is 9.69 Å². The number of nitrogens with zero attached hydrogens (tertiary/aromatic N) is 4. The van der Waals surface area contributed by atoms with E-state index in [9.17, 15) is 27.6 Å². The highest BCUT2D eigenvalue weighted by Gasteiger charge is 2.48. The summed E-state index contributed by atoms with van der Waals surface area (Å²) in [5.41, 5.74) is -0.945. The van der Waals surface area contributed by atoms with E-state index in [0.29, 0.717) is 5.01 Å². The van der Waals surface area contributed by atoms with Gasteiger partial charge in [-0.15, -0.1) is 11.3 Å². The first-order valence-electron chi connectivity index (χ1n) is 10.0. The lowest BCUT2D eigenvalue weighted by atomic mass is 9.82. The molecule has 1 aromatic heterocycles. The first kappa shape index (κ1) is 23.1. The zero-order chi connectivity index (χ0) is 24.0. The zero-order valence-corrected chi connectivity index (χ0v) is 18.5. The number of benzene rings is 1. The molecule has 2 aromatic rings. The molecule has 2 aliphatic heterocycles. The minimum atomic E-state index is -3.05. The number of aromatic nitrogens is 1. The molecule has 6 nitrogen and oxygen atoms in total. The molecule has 0 saturated carbocycles. The van der Waals surface area contributed by atoms with Crippen LogP contribution < -0.4 is 5.32 Å². The summed E-state index contributed by atoms with van der Waals surface area (Å²) in [5, 5.41) is 15.2. The standard InChI is InChI=1S/C22H19F4N5OS/c1-12(32)18-8-22(25,26)11-31(18)10-17-14(9-27)21(2,13-3-4-15(23)16(24)7-13)30-19(29-17)20-28-5-6-33-20/h3-7,18H,8,10-11H2,1-2H3,(H,29,30)/t18-,21-/m0/s1. The van der Waals surface area contributed by atoms with Gasteiger partial charge >= 0.3 is 0 Å². The number of aliphatic imine (C=N–C) groups is 1. The van der Waals surface area contributed by atoms with Gasteiger partial charge in [0.05, 0.1) is 24.2 Å². The molecule has 0 spiro atoms. The SMILES string of the molecule is CC(=O)[C@@H]1CC(F)(F)CN1CC1=C(C#N)[C@](C)(c2ccc(F)c(F)c2)N=C(c2nccs2)N1. The van der Waals surface area contributed by atoms with E-state index in [-0.39, 0.29) is 29.2 Å². The molecular formula is C22H19F4N5OS. The summed E-state index contributed by atoms with van der Waals surface area (Å²) in [5.74, 6) is -5.34. The molecule has 11 heteroatoms. The number of thiazole rings is 1. The van der Waals surface area contributed by atoms with Gasteiger partial charge in [0.15, 0.2) is 22.5 Å². The number of likely N-dealkylation sites (tertiary alicyclic amines) is 1. The van der Waals surface area contributed by atoms with Gasteiger partial charge in [-0.25, -0.2) is 27.5 Å². The summed E-state index contributed by atoms with van der Waals surface area (Å²) >= 11 is 1.26. The third kappa shape index (κ3) is 4.28. The molecule has 3 heterocycles. The van der Waals surface area contributed by atoms with Crippen molar-refractivity contribution < 1.29 is 22.4 Å². The average Bonchev–Trinajstić information content (AvgIpc) is 3.37. The lowest BCUT2D eigenvalue weighted by Crippen LogP contribution is -2.44. The summed E-state index contributed by atoms with van der Waals surface area (Å²) < 4.78 is 55.9. The van der Waals surface area contributed by atoms with Crippen molar-refractivity contribution in [3.63, 3.8) is 0 Å². The molecule has 172 valence electrons. The maximum Gasteiger partial charge on any atom is 0.262 e. The van der Waals surface area contributed by atoms with E-state index in [0.717, 1.165) is 12.1 Å². The van der Waals surface area contributed by atoms with Gasteiger partial charge in [-0.1, -0.05) is 6.07 Å². The van der Waals surface area contributed by atoms with Crippen LogP contribution in [0.4, 0.5) is 17.6 Å². The molecule has 2 aliphatic rings. The van der Waals surface area contributed by atoms with Crippen LogP contribution in [0.2, 0.25) is 0 Å². The highest BCUT2D eigenvalue weighted by molar-refractivity contribution is 7.11. The second kappa shape index (κ2) is 8.35. The number of alkyl halides is 2. The Morgan fingerprint density at radius 3 is 2.73 bits per heavy atom. The fraction of sp³-hybridized carbons (Fsp3) is 0.364. The predicted octanol–water partition coefficient (Wildman–Crippen LogP) is 3.76. The van der Waals surface area contributed by atoms with Gasteiger partial charge in [0.2, 0.25) is 0 Å². The number of ketones is 1. The Kier molecular flexibility index (Phi) is 5.84. The molecule has 0 radical (unpaired) electrons. The van der Waals surface area contributed by atoms with Gasteiger partial charge in [-0.2, -0.15) is 5.26 Å². The van der Waals surface area contributed by atoms with Crippen molar-refractivity contribution >= 4 is 23.0 Å². The zero-order valence-electron chi connectivity index (χ0n) is 17.7.